The van der Waals surface area contributed by atoms with Crippen LogP contribution < -0.4 is 5.32 Å². The van der Waals surface area contributed by atoms with Crippen LogP contribution in [0.1, 0.15) is 32.3 Å². The molecule has 1 N–H and O–H groups in total. The quantitative estimate of drug-likeness (QED) is 0.814. The molecule has 0 aromatic carbocycles. The molecule has 82 valence electrons. The van der Waals surface area contributed by atoms with E-state index < -0.39 is 0 Å². The van der Waals surface area contributed by atoms with Gasteiger partial charge < -0.3 is 5.32 Å². The van der Waals surface area contributed by atoms with Crippen LogP contribution in [-0.2, 0) is 0 Å². The number of rotatable bonds is 4. The Morgan fingerprint density at radius 1 is 1.40 bits per heavy atom. The largest absolute Gasteiger partial charge is 0.367 e. The van der Waals surface area contributed by atoms with Crippen LogP contribution in [0.4, 0.5) is 5.82 Å². The van der Waals surface area contributed by atoms with Crippen molar-refractivity contribution in [1.29, 1.82) is 0 Å². The van der Waals surface area contributed by atoms with Crippen LogP contribution in [0.3, 0.4) is 0 Å². The molecule has 0 bridgehead atoms. The lowest BCUT2D eigenvalue weighted by molar-refractivity contribution is 0.475. The molecule has 0 saturated heterocycles. The monoisotopic (exact) mass is 204 g/mol. The highest BCUT2D eigenvalue weighted by molar-refractivity contribution is 5.38. The number of hydrogen-bond acceptors (Lipinski definition) is 2. The van der Waals surface area contributed by atoms with Crippen LogP contribution in [0.15, 0.2) is 18.3 Å². The lowest BCUT2D eigenvalue weighted by Crippen LogP contribution is -2.28. The van der Waals surface area contributed by atoms with Crippen molar-refractivity contribution in [1.82, 2.24) is 4.98 Å². The van der Waals surface area contributed by atoms with Crippen molar-refractivity contribution >= 4 is 5.82 Å². The van der Waals surface area contributed by atoms with E-state index in [2.05, 4.69) is 37.1 Å². The molecule has 1 aromatic heterocycles. The first-order chi connectivity index (χ1) is 7.16. The van der Waals surface area contributed by atoms with E-state index in [0.717, 1.165) is 11.7 Å². The van der Waals surface area contributed by atoms with Gasteiger partial charge in [0.05, 0.1) is 0 Å². The molecule has 1 saturated carbocycles. The number of aromatic nitrogens is 1. The summed E-state index contributed by atoms with van der Waals surface area (Å²) in [7, 11) is 0. The third kappa shape index (κ3) is 2.71. The number of nitrogens with zero attached hydrogens (tertiary/aromatic N) is 1. The Hall–Kier alpha value is -1.05. The summed E-state index contributed by atoms with van der Waals surface area (Å²) in [4.78, 5) is 4.36. The van der Waals surface area contributed by atoms with E-state index in [9.17, 15) is 0 Å². The summed E-state index contributed by atoms with van der Waals surface area (Å²) in [5, 5.41) is 3.57. The van der Waals surface area contributed by atoms with Gasteiger partial charge in [0.1, 0.15) is 5.82 Å². The van der Waals surface area contributed by atoms with Crippen LogP contribution in [0.25, 0.3) is 0 Å². The number of hydrogen-bond donors (Lipinski definition) is 1. The van der Waals surface area contributed by atoms with Crippen LogP contribution in [0, 0.1) is 18.8 Å². The van der Waals surface area contributed by atoms with E-state index in [4.69, 9.17) is 0 Å². The zero-order valence-corrected chi connectivity index (χ0v) is 9.83. The van der Waals surface area contributed by atoms with Gasteiger partial charge in [0.25, 0.3) is 0 Å². The molecule has 0 spiro atoms. The fraction of sp³-hybridized carbons (Fsp3) is 0.615. The third-order valence-corrected chi connectivity index (χ3v) is 3.08. The number of pyridine rings is 1. The molecule has 2 nitrogen and oxygen atoms in total. The Morgan fingerprint density at radius 2 is 2.13 bits per heavy atom. The van der Waals surface area contributed by atoms with E-state index in [-0.39, 0.29) is 0 Å². The molecule has 15 heavy (non-hydrogen) atoms. The Kier molecular flexibility index (Phi) is 2.94. The Balaban J connectivity index is 2.05. The summed E-state index contributed by atoms with van der Waals surface area (Å²) in [6.07, 6.45) is 4.63. The minimum Gasteiger partial charge on any atom is -0.367 e. The number of anilines is 1. The summed E-state index contributed by atoms with van der Waals surface area (Å²) in [5.41, 5.74) is 1.27. The molecule has 0 radical (unpaired) electrons. The first-order valence-electron chi connectivity index (χ1n) is 5.86. The normalized spacial score (nSPS) is 17.9. The smallest absolute Gasteiger partial charge is 0.126 e. The molecular weight excluding hydrogens is 184 g/mol. The van der Waals surface area contributed by atoms with Crippen LogP contribution in [0.5, 0.6) is 0 Å². The predicted octanol–water partition coefficient (Wildman–Crippen LogP) is 3.24. The van der Waals surface area contributed by atoms with Crippen LogP contribution >= 0.6 is 0 Å². The second-order valence-electron chi connectivity index (χ2n) is 4.97. The zero-order valence-electron chi connectivity index (χ0n) is 9.83. The molecule has 2 rings (SSSR count). The highest BCUT2D eigenvalue weighted by Gasteiger charge is 2.33. The summed E-state index contributed by atoms with van der Waals surface area (Å²) in [6, 6.07) is 4.75. The van der Waals surface area contributed by atoms with Crippen molar-refractivity contribution in [2.45, 2.75) is 39.7 Å². The summed E-state index contributed by atoms with van der Waals surface area (Å²) >= 11 is 0. The standard InChI is InChI=1S/C13H20N2/c1-9(2)13(11-4-5-11)15-12-8-10(3)6-7-14-12/h6-9,11,13H,4-5H2,1-3H3,(H,14,15). The van der Waals surface area contributed by atoms with Gasteiger partial charge in [-0.25, -0.2) is 4.98 Å². The Bertz CT molecular complexity index is 327. The molecule has 1 aromatic rings. The van der Waals surface area contributed by atoms with Crippen molar-refractivity contribution in [3.63, 3.8) is 0 Å². The van der Waals surface area contributed by atoms with E-state index in [1.807, 2.05) is 12.3 Å². The molecule has 1 aliphatic carbocycles. The minimum absolute atomic E-state index is 0.597. The van der Waals surface area contributed by atoms with Crippen molar-refractivity contribution < 1.29 is 0 Å². The van der Waals surface area contributed by atoms with Gasteiger partial charge in [-0.3, -0.25) is 0 Å². The highest BCUT2D eigenvalue weighted by atomic mass is 15.0. The average Bonchev–Trinajstić information content (AvgIpc) is 2.97. The van der Waals surface area contributed by atoms with E-state index in [0.29, 0.717) is 12.0 Å². The van der Waals surface area contributed by atoms with Crippen molar-refractivity contribution in [3.8, 4) is 0 Å². The third-order valence-electron chi connectivity index (χ3n) is 3.08. The van der Waals surface area contributed by atoms with Crippen molar-refractivity contribution in [2.24, 2.45) is 11.8 Å². The Morgan fingerprint density at radius 3 is 2.67 bits per heavy atom. The number of aryl methyl sites for hydroxylation is 1. The average molecular weight is 204 g/mol. The lowest BCUT2D eigenvalue weighted by atomic mass is 9.99. The van der Waals surface area contributed by atoms with E-state index >= 15 is 0 Å². The topological polar surface area (TPSA) is 24.9 Å². The first-order valence-corrected chi connectivity index (χ1v) is 5.86. The van der Waals surface area contributed by atoms with Gasteiger partial charge >= 0.3 is 0 Å². The fourth-order valence-electron chi connectivity index (χ4n) is 2.07. The van der Waals surface area contributed by atoms with E-state index in [1.54, 1.807) is 0 Å². The lowest BCUT2D eigenvalue weighted by Gasteiger charge is -2.22. The summed E-state index contributed by atoms with van der Waals surface area (Å²) in [5.74, 6) is 2.58. The van der Waals surface area contributed by atoms with Gasteiger partial charge in [0.2, 0.25) is 0 Å². The molecule has 1 aliphatic rings. The van der Waals surface area contributed by atoms with Crippen molar-refractivity contribution in [3.05, 3.63) is 23.9 Å². The molecule has 1 atom stereocenters. The van der Waals surface area contributed by atoms with Gasteiger partial charge in [-0.05, 0) is 49.3 Å². The minimum atomic E-state index is 0.597. The zero-order chi connectivity index (χ0) is 10.8. The molecule has 0 amide bonds. The highest BCUT2D eigenvalue weighted by Crippen LogP contribution is 2.37. The van der Waals surface area contributed by atoms with Gasteiger partial charge in [0, 0.05) is 12.2 Å². The molecule has 1 fully saturated rings. The Labute approximate surface area is 92.1 Å². The second-order valence-corrected chi connectivity index (χ2v) is 4.97. The summed E-state index contributed by atoms with van der Waals surface area (Å²) in [6.45, 7) is 6.67. The molecule has 1 unspecified atom stereocenters. The summed E-state index contributed by atoms with van der Waals surface area (Å²) < 4.78 is 0. The van der Waals surface area contributed by atoms with Gasteiger partial charge in [0.15, 0.2) is 0 Å². The van der Waals surface area contributed by atoms with Crippen molar-refractivity contribution in [2.75, 3.05) is 5.32 Å². The maximum absolute atomic E-state index is 4.36. The maximum Gasteiger partial charge on any atom is 0.126 e. The van der Waals surface area contributed by atoms with Crippen LogP contribution in [-0.4, -0.2) is 11.0 Å². The maximum atomic E-state index is 4.36. The molecular formula is C13H20N2. The second kappa shape index (κ2) is 4.21. The fourth-order valence-corrected chi connectivity index (χ4v) is 2.07. The van der Waals surface area contributed by atoms with Gasteiger partial charge in [-0.1, -0.05) is 13.8 Å². The van der Waals surface area contributed by atoms with Gasteiger partial charge in [-0.15, -0.1) is 0 Å². The first kappa shape index (κ1) is 10.5. The SMILES string of the molecule is Cc1ccnc(NC(C(C)C)C2CC2)c1. The molecule has 2 heteroatoms. The van der Waals surface area contributed by atoms with Gasteiger partial charge in [-0.2, -0.15) is 0 Å². The predicted molar refractivity (Wildman–Crippen MR) is 63.9 cm³/mol. The molecule has 1 heterocycles. The van der Waals surface area contributed by atoms with E-state index in [1.165, 1.54) is 18.4 Å². The molecule has 0 aliphatic heterocycles. The number of nitrogens with one attached hydrogen (secondary N) is 1. The van der Waals surface area contributed by atoms with Crippen LogP contribution in [0.2, 0.25) is 0 Å².